The Morgan fingerprint density at radius 2 is 1.55 bits per heavy atom. The Morgan fingerprint density at radius 1 is 0.857 bits per heavy atom. The zero-order chi connectivity index (χ0) is 29.6. The zero-order valence-electron chi connectivity index (χ0n) is 22.1. The van der Waals surface area contributed by atoms with Gasteiger partial charge in [0.05, 0.1) is 38.8 Å². The molecule has 1 aliphatic heterocycles. The van der Waals surface area contributed by atoms with E-state index in [1.807, 2.05) is 60.7 Å². The molecule has 210 valence electrons. The minimum absolute atomic E-state index is 0.165. The average molecular weight is 583 g/mol. The maximum atomic E-state index is 13.6. The maximum absolute atomic E-state index is 13.6. The van der Waals surface area contributed by atoms with Gasteiger partial charge < -0.3 is 9.47 Å². The van der Waals surface area contributed by atoms with E-state index in [1.54, 1.807) is 36.1 Å². The Labute approximate surface area is 244 Å². The van der Waals surface area contributed by atoms with Crippen LogP contribution in [0.2, 0.25) is 0 Å². The second-order valence-electron chi connectivity index (χ2n) is 8.72. The van der Waals surface area contributed by atoms with Crippen LogP contribution in [0.4, 0.5) is 22.7 Å². The molecule has 0 aliphatic carbocycles. The summed E-state index contributed by atoms with van der Waals surface area (Å²) in [7, 11) is 0. The molecule has 42 heavy (non-hydrogen) atoms. The fourth-order valence-electron chi connectivity index (χ4n) is 4.05. The number of nitro benzene ring substituents is 2. The lowest BCUT2D eigenvalue weighted by atomic mass is 10.1. The predicted molar refractivity (Wildman–Crippen MR) is 160 cm³/mol. The highest BCUT2D eigenvalue weighted by Crippen LogP contribution is 2.41. The number of ether oxygens (including phenoxy) is 2. The molecule has 1 amide bonds. The monoisotopic (exact) mass is 582 g/mol. The number of nitro groups is 2. The molecule has 4 aromatic rings. The standard InChI is InChI=1S/C30H22N4O7S/c1-2-40-27-17-20(13-15-26(27)41-25-16-14-23(33(36)37)19-24(25)34(38)39)18-28-29(35)32(22-11-7-4-8-12-22)30(42-28)31-21-9-5-3-6-10-21/h3-19H,2H2,1H3/b28-18-,31-30?. The van der Waals surface area contributed by atoms with Gasteiger partial charge in [-0.25, -0.2) is 4.99 Å². The summed E-state index contributed by atoms with van der Waals surface area (Å²) in [5.41, 5.74) is 1.01. The van der Waals surface area contributed by atoms with Gasteiger partial charge in [-0.3, -0.25) is 29.9 Å². The van der Waals surface area contributed by atoms with Crippen LogP contribution in [0.15, 0.2) is 107 Å². The molecule has 12 heteroatoms. The van der Waals surface area contributed by atoms with Gasteiger partial charge in [-0.1, -0.05) is 42.5 Å². The zero-order valence-corrected chi connectivity index (χ0v) is 22.9. The molecule has 5 rings (SSSR count). The van der Waals surface area contributed by atoms with Crippen LogP contribution in [0, 0.1) is 20.2 Å². The number of aliphatic imine (C=N–C) groups is 1. The van der Waals surface area contributed by atoms with Gasteiger partial charge in [0.1, 0.15) is 0 Å². The highest BCUT2D eigenvalue weighted by molar-refractivity contribution is 8.19. The van der Waals surface area contributed by atoms with Crippen molar-refractivity contribution < 1.29 is 24.1 Å². The molecule has 0 aromatic heterocycles. The van der Waals surface area contributed by atoms with E-state index < -0.39 is 21.2 Å². The van der Waals surface area contributed by atoms with Crippen LogP contribution in [0.5, 0.6) is 17.2 Å². The number of carbonyl (C=O) groups excluding carboxylic acids is 1. The van der Waals surface area contributed by atoms with E-state index in [4.69, 9.17) is 14.5 Å². The minimum atomic E-state index is -0.753. The van der Waals surface area contributed by atoms with Crippen LogP contribution >= 0.6 is 11.8 Å². The lowest BCUT2D eigenvalue weighted by molar-refractivity contribution is -0.394. The number of para-hydroxylation sites is 2. The van der Waals surface area contributed by atoms with Crippen molar-refractivity contribution in [1.29, 1.82) is 0 Å². The maximum Gasteiger partial charge on any atom is 0.318 e. The Kier molecular flexibility index (Phi) is 8.25. The molecule has 0 N–H and O–H groups in total. The smallest absolute Gasteiger partial charge is 0.318 e. The average Bonchev–Trinajstić information content (AvgIpc) is 3.29. The van der Waals surface area contributed by atoms with Crippen molar-refractivity contribution >= 4 is 51.7 Å². The van der Waals surface area contributed by atoms with Gasteiger partial charge in [0.15, 0.2) is 16.7 Å². The molecule has 1 aliphatic rings. The summed E-state index contributed by atoms with van der Waals surface area (Å²) in [4.78, 5) is 41.5. The third-order valence-corrected chi connectivity index (χ3v) is 6.91. The molecule has 4 aromatic carbocycles. The van der Waals surface area contributed by atoms with Crippen molar-refractivity contribution in [2.75, 3.05) is 11.5 Å². The number of amidine groups is 1. The SMILES string of the molecule is CCOc1cc(/C=C2\SC(=Nc3ccccc3)N(c3ccccc3)C2=O)ccc1Oc1ccc([N+](=O)[O-])cc1[N+](=O)[O-]. The molecule has 0 radical (unpaired) electrons. The van der Waals surface area contributed by atoms with E-state index >= 15 is 0 Å². The van der Waals surface area contributed by atoms with Crippen LogP contribution in [0.1, 0.15) is 12.5 Å². The number of nitrogens with zero attached hydrogens (tertiary/aromatic N) is 4. The fourth-order valence-corrected chi connectivity index (χ4v) is 5.05. The van der Waals surface area contributed by atoms with Crippen molar-refractivity contribution in [3.63, 3.8) is 0 Å². The molecular formula is C30H22N4O7S. The van der Waals surface area contributed by atoms with Gasteiger partial charge in [-0.15, -0.1) is 0 Å². The van der Waals surface area contributed by atoms with E-state index in [9.17, 15) is 25.0 Å². The fraction of sp³-hybridized carbons (Fsp3) is 0.0667. The lowest BCUT2D eigenvalue weighted by Gasteiger charge is -2.15. The normalized spacial score (nSPS) is 14.8. The van der Waals surface area contributed by atoms with Crippen LogP contribution < -0.4 is 14.4 Å². The lowest BCUT2D eigenvalue weighted by Crippen LogP contribution is -2.28. The summed E-state index contributed by atoms with van der Waals surface area (Å²) in [6, 6.07) is 26.6. The van der Waals surface area contributed by atoms with E-state index in [0.717, 1.165) is 12.1 Å². The third kappa shape index (κ3) is 6.13. The van der Waals surface area contributed by atoms with Gasteiger partial charge in [0.2, 0.25) is 5.75 Å². The predicted octanol–water partition coefficient (Wildman–Crippen LogP) is 7.50. The number of amides is 1. The van der Waals surface area contributed by atoms with E-state index in [0.29, 0.717) is 27.0 Å². The molecule has 1 fully saturated rings. The molecule has 1 saturated heterocycles. The van der Waals surface area contributed by atoms with Gasteiger partial charge in [0.25, 0.3) is 11.6 Å². The molecule has 11 nitrogen and oxygen atoms in total. The summed E-state index contributed by atoms with van der Waals surface area (Å²) in [6.07, 6.45) is 1.71. The summed E-state index contributed by atoms with van der Waals surface area (Å²) in [5, 5.41) is 23.1. The molecule has 0 saturated carbocycles. The number of hydrogen-bond acceptors (Lipinski definition) is 9. The number of hydrogen-bond donors (Lipinski definition) is 0. The molecule has 0 atom stereocenters. The van der Waals surface area contributed by atoms with Gasteiger partial charge in [0, 0.05) is 6.07 Å². The number of benzene rings is 4. The highest BCUT2D eigenvalue weighted by Gasteiger charge is 2.34. The molecule has 0 bridgehead atoms. The topological polar surface area (TPSA) is 137 Å². The first kappa shape index (κ1) is 28.1. The molecular weight excluding hydrogens is 560 g/mol. The highest BCUT2D eigenvalue weighted by atomic mass is 32.2. The quantitative estimate of drug-likeness (QED) is 0.112. The number of anilines is 1. The third-order valence-electron chi connectivity index (χ3n) is 5.94. The molecule has 1 heterocycles. The Bertz CT molecular complexity index is 1730. The van der Waals surface area contributed by atoms with Gasteiger partial charge >= 0.3 is 5.69 Å². The number of thioether (sulfide) groups is 1. The second-order valence-corrected chi connectivity index (χ2v) is 9.73. The molecule has 0 unspecified atom stereocenters. The Morgan fingerprint density at radius 3 is 2.21 bits per heavy atom. The minimum Gasteiger partial charge on any atom is -0.490 e. The summed E-state index contributed by atoms with van der Waals surface area (Å²) < 4.78 is 11.5. The van der Waals surface area contributed by atoms with E-state index in [-0.39, 0.29) is 29.8 Å². The van der Waals surface area contributed by atoms with Crippen LogP contribution in [0.3, 0.4) is 0 Å². The van der Waals surface area contributed by atoms with Gasteiger partial charge in [-0.2, -0.15) is 0 Å². The molecule has 0 spiro atoms. The van der Waals surface area contributed by atoms with Crippen molar-refractivity contribution in [2.45, 2.75) is 6.92 Å². The Balaban J connectivity index is 1.49. The first-order valence-electron chi connectivity index (χ1n) is 12.6. The largest absolute Gasteiger partial charge is 0.490 e. The first-order valence-corrected chi connectivity index (χ1v) is 13.5. The van der Waals surface area contributed by atoms with Crippen LogP contribution in [-0.2, 0) is 4.79 Å². The first-order chi connectivity index (χ1) is 20.3. The Hall–Kier alpha value is -5.49. The van der Waals surface area contributed by atoms with Crippen LogP contribution in [0.25, 0.3) is 6.08 Å². The van der Waals surface area contributed by atoms with Crippen molar-refractivity contribution in [2.24, 2.45) is 4.99 Å². The second kappa shape index (κ2) is 12.4. The van der Waals surface area contributed by atoms with Crippen molar-refractivity contribution in [3.8, 4) is 17.2 Å². The van der Waals surface area contributed by atoms with Crippen molar-refractivity contribution in [1.82, 2.24) is 0 Å². The summed E-state index contributed by atoms with van der Waals surface area (Å²) in [6.45, 7) is 2.03. The van der Waals surface area contributed by atoms with Crippen LogP contribution in [-0.4, -0.2) is 27.5 Å². The summed E-state index contributed by atoms with van der Waals surface area (Å²) >= 11 is 1.23. The number of non-ortho nitro benzene ring substituents is 1. The summed E-state index contributed by atoms with van der Waals surface area (Å²) in [5.74, 6) is 0.00626. The van der Waals surface area contributed by atoms with Crippen molar-refractivity contribution in [3.05, 3.63) is 128 Å². The van der Waals surface area contributed by atoms with Gasteiger partial charge in [-0.05, 0) is 72.8 Å². The van der Waals surface area contributed by atoms with E-state index in [1.165, 1.54) is 17.8 Å². The number of rotatable bonds is 9. The van der Waals surface area contributed by atoms with E-state index in [2.05, 4.69) is 0 Å². The number of carbonyl (C=O) groups is 1.